The van der Waals surface area contributed by atoms with Crippen molar-refractivity contribution in [1.82, 2.24) is 4.98 Å². The molecule has 1 atom stereocenters. The topological polar surface area (TPSA) is 25.2 Å². The van der Waals surface area contributed by atoms with E-state index in [2.05, 4.69) is 36.8 Å². The van der Waals surface area contributed by atoms with Crippen molar-refractivity contribution < 1.29 is 0 Å². The van der Waals surface area contributed by atoms with E-state index in [9.17, 15) is 0 Å². The van der Waals surface area contributed by atoms with Crippen molar-refractivity contribution >= 4 is 11.9 Å². The van der Waals surface area contributed by atoms with Crippen LogP contribution in [0.3, 0.4) is 0 Å². The molecule has 0 aliphatic rings. The Morgan fingerprint density at radius 3 is 2.65 bits per heavy atom. The molecule has 0 amide bonds. The zero-order valence-electron chi connectivity index (χ0n) is 11.3. The summed E-state index contributed by atoms with van der Waals surface area (Å²) in [7, 11) is 0. The third-order valence-corrected chi connectivity index (χ3v) is 2.88. The van der Waals surface area contributed by atoms with Gasteiger partial charge in [0.1, 0.15) is 0 Å². The Hall–Kier alpha value is -1.44. The molecule has 2 heteroatoms. The molecule has 0 spiro atoms. The van der Waals surface area contributed by atoms with Crippen molar-refractivity contribution in [2.75, 3.05) is 0 Å². The lowest BCUT2D eigenvalue weighted by atomic mass is 10.1. The van der Waals surface area contributed by atoms with E-state index in [4.69, 9.17) is 0 Å². The normalized spacial score (nSPS) is 14.2. The summed E-state index contributed by atoms with van der Waals surface area (Å²) in [6.07, 6.45) is 8.08. The zero-order valence-corrected chi connectivity index (χ0v) is 11.3. The first kappa shape index (κ1) is 13.6. The van der Waals surface area contributed by atoms with Gasteiger partial charge in [-0.3, -0.25) is 9.98 Å². The first-order valence-corrected chi connectivity index (χ1v) is 6.37. The zero-order chi connectivity index (χ0) is 12.7. The molecule has 1 heterocycles. The van der Waals surface area contributed by atoms with Crippen molar-refractivity contribution in [2.45, 2.75) is 40.5 Å². The van der Waals surface area contributed by atoms with Crippen LogP contribution in [0.25, 0.3) is 5.70 Å². The summed E-state index contributed by atoms with van der Waals surface area (Å²) in [4.78, 5) is 8.95. The van der Waals surface area contributed by atoms with E-state index < -0.39 is 0 Å². The van der Waals surface area contributed by atoms with Crippen LogP contribution in [0.2, 0.25) is 0 Å². The van der Waals surface area contributed by atoms with E-state index in [1.54, 1.807) is 0 Å². The third kappa shape index (κ3) is 4.14. The Morgan fingerprint density at radius 2 is 2.18 bits per heavy atom. The van der Waals surface area contributed by atoms with Gasteiger partial charge < -0.3 is 0 Å². The second-order valence-electron chi connectivity index (χ2n) is 4.24. The van der Waals surface area contributed by atoms with Gasteiger partial charge in [0.2, 0.25) is 0 Å². The quantitative estimate of drug-likeness (QED) is 0.698. The molecule has 1 rings (SSSR count). The summed E-state index contributed by atoms with van der Waals surface area (Å²) in [6.45, 7) is 8.47. The van der Waals surface area contributed by atoms with Crippen LogP contribution < -0.4 is 0 Å². The van der Waals surface area contributed by atoms with E-state index in [0.717, 1.165) is 24.2 Å². The molecule has 0 radical (unpaired) electrons. The van der Waals surface area contributed by atoms with Crippen LogP contribution in [0.1, 0.15) is 45.4 Å². The summed E-state index contributed by atoms with van der Waals surface area (Å²) in [5.41, 5.74) is 3.16. The van der Waals surface area contributed by atoms with Gasteiger partial charge in [0.15, 0.2) is 0 Å². The van der Waals surface area contributed by atoms with Crippen LogP contribution in [-0.2, 0) is 6.42 Å². The minimum atomic E-state index is 0.514. The van der Waals surface area contributed by atoms with Crippen molar-refractivity contribution in [3.8, 4) is 0 Å². The molecular formula is C15H22N2. The van der Waals surface area contributed by atoms with E-state index in [-0.39, 0.29) is 0 Å². The molecule has 0 aliphatic heterocycles. The Labute approximate surface area is 105 Å². The van der Waals surface area contributed by atoms with Gasteiger partial charge in [-0.05, 0) is 37.3 Å². The number of aryl methyl sites for hydroxylation is 1. The van der Waals surface area contributed by atoms with Gasteiger partial charge >= 0.3 is 0 Å². The third-order valence-electron chi connectivity index (χ3n) is 2.88. The monoisotopic (exact) mass is 230 g/mol. The van der Waals surface area contributed by atoms with Gasteiger partial charge in [0.25, 0.3) is 0 Å². The molecule has 0 saturated heterocycles. The highest BCUT2D eigenvalue weighted by Gasteiger charge is 2.01. The van der Waals surface area contributed by atoms with E-state index >= 15 is 0 Å². The fraction of sp³-hybridized carbons (Fsp3) is 0.467. The predicted octanol–water partition coefficient (Wildman–Crippen LogP) is 4.12. The number of pyridine rings is 1. The molecule has 0 saturated carbocycles. The first-order valence-electron chi connectivity index (χ1n) is 6.37. The molecule has 0 N–H and O–H groups in total. The van der Waals surface area contributed by atoms with Gasteiger partial charge in [-0.2, -0.15) is 0 Å². The van der Waals surface area contributed by atoms with Crippen molar-refractivity contribution in [3.05, 3.63) is 35.7 Å². The highest BCUT2D eigenvalue weighted by atomic mass is 14.8. The second kappa shape index (κ2) is 7.00. The van der Waals surface area contributed by atoms with E-state index in [0.29, 0.717) is 5.92 Å². The Balaban J connectivity index is 2.84. The highest BCUT2D eigenvalue weighted by molar-refractivity contribution is 5.73. The molecule has 17 heavy (non-hydrogen) atoms. The minimum Gasteiger partial charge on any atom is -0.259 e. The minimum absolute atomic E-state index is 0.514. The smallest absolute Gasteiger partial charge is 0.0882 e. The maximum Gasteiger partial charge on any atom is 0.0882 e. The lowest BCUT2D eigenvalue weighted by molar-refractivity contribution is 0.755. The van der Waals surface area contributed by atoms with E-state index in [1.807, 2.05) is 31.5 Å². The lowest BCUT2D eigenvalue weighted by Gasteiger charge is -2.04. The standard InChI is InChI=1S/C15H22N2/c1-5-12(4)10-16-14(7-3)15-9-8-13(6-2)11-17-15/h7-12H,5-6H2,1-4H3/b14-7-,16-10?/t12-/m1/s1. The second-order valence-corrected chi connectivity index (χ2v) is 4.24. The van der Waals surface area contributed by atoms with Gasteiger partial charge in [-0.15, -0.1) is 0 Å². The lowest BCUT2D eigenvalue weighted by Crippen LogP contribution is -1.94. The largest absolute Gasteiger partial charge is 0.259 e. The number of nitrogens with zero attached hydrogens (tertiary/aromatic N) is 2. The summed E-state index contributed by atoms with van der Waals surface area (Å²) >= 11 is 0. The molecule has 92 valence electrons. The molecule has 1 aromatic heterocycles. The number of aliphatic imine (C=N–C) groups is 1. The summed E-state index contributed by atoms with van der Waals surface area (Å²) < 4.78 is 0. The van der Waals surface area contributed by atoms with Gasteiger partial charge in [0.05, 0.1) is 11.4 Å². The molecule has 0 bridgehead atoms. The molecule has 0 unspecified atom stereocenters. The number of allylic oxidation sites excluding steroid dienone is 1. The van der Waals surface area contributed by atoms with Crippen LogP contribution in [0, 0.1) is 5.92 Å². The number of hydrogen-bond donors (Lipinski definition) is 0. The van der Waals surface area contributed by atoms with Crippen LogP contribution in [0.15, 0.2) is 29.4 Å². The van der Waals surface area contributed by atoms with E-state index in [1.165, 1.54) is 5.56 Å². The van der Waals surface area contributed by atoms with Gasteiger partial charge in [0, 0.05) is 12.4 Å². The number of hydrogen-bond acceptors (Lipinski definition) is 2. The maximum absolute atomic E-state index is 4.51. The molecule has 0 aliphatic carbocycles. The molecular weight excluding hydrogens is 208 g/mol. The summed E-state index contributed by atoms with van der Waals surface area (Å²) in [6, 6.07) is 4.16. The number of rotatable bonds is 5. The van der Waals surface area contributed by atoms with Crippen molar-refractivity contribution in [3.63, 3.8) is 0 Å². The van der Waals surface area contributed by atoms with Crippen LogP contribution in [0.5, 0.6) is 0 Å². The Kier molecular flexibility index (Phi) is 5.61. The fourth-order valence-corrected chi connectivity index (χ4v) is 1.39. The molecule has 2 nitrogen and oxygen atoms in total. The predicted molar refractivity (Wildman–Crippen MR) is 75.2 cm³/mol. The SMILES string of the molecule is C/C=C(\N=C[C@H](C)CC)c1ccc(CC)cn1. The molecule has 0 aromatic carbocycles. The first-order chi connectivity index (χ1) is 8.21. The summed E-state index contributed by atoms with van der Waals surface area (Å²) in [5, 5.41) is 0. The van der Waals surface area contributed by atoms with Gasteiger partial charge in [-0.1, -0.05) is 32.9 Å². The average Bonchev–Trinajstić information content (AvgIpc) is 2.39. The van der Waals surface area contributed by atoms with Gasteiger partial charge in [-0.25, -0.2) is 0 Å². The highest BCUT2D eigenvalue weighted by Crippen LogP contribution is 2.14. The van der Waals surface area contributed by atoms with Crippen LogP contribution in [0.4, 0.5) is 0 Å². The average molecular weight is 230 g/mol. The number of aromatic nitrogens is 1. The van der Waals surface area contributed by atoms with Crippen molar-refractivity contribution in [1.29, 1.82) is 0 Å². The van der Waals surface area contributed by atoms with Crippen LogP contribution >= 0.6 is 0 Å². The fourth-order valence-electron chi connectivity index (χ4n) is 1.39. The van der Waals surface area contributed by atoms with Crippen molar-refractivity contribution in [2.24, 2.45) is 10.9 Å². The maximum atomic E-state index is 4.51. The van der Waals surface area contributed by atoms with Crippen LogP contribution in [-0.4, -0.2) is 11.2 Å². The Morgan fingerprint density at radius 1 is 1.41 bits per heavy atom. The Bertz CT molecular complexity index is 388. The molecule has 1 aromatic rings. The molecule has 0 fully saturated rings. The summed E-state index contributed by atoms with van der Waals surface area (Å²) in [5.74, 6) is 0.514.